The van der Waals surface area contributed by atoms with Crippen LogP contribution in [-0.4, -0.2) is 80.2 Å². The van der Waals surface area contributed by atoms with Crippen molar-refractivity contribution in [2.45, 2.75) is 12.5 Å². The molecule has 0 saturated heterocycles. The molecule has 4 N–H and O–H groups in total. The molecular formula is C27H27ClN10O4. The van der Waals surface area contributed by atoms with E-state index in [1.165, 1.54) is 24.2 Å². The number of H-pyrrole nitrogens is 1. The summed E-state index contributed by atoms with van der Waals surface area (Å²) in [6.07, 6.45) is 5.97. The molecule has 0 saturated carbocycles. The minimum atomic E-state index is -0.632. The first-order valence-electron chi connectivity index (χ1n) is 12.8. The van der Waals surface area contributed by atoms with Gasteiger partial charge in [-0.2, -0.15) is 4.68 Å². The highest BCUT2D eigenvalue weighted by atomic mass is 35.5. The number of imidazole rings is 1. The number of benzene rings is 2. The third-order valence-corrected chi connectivity index (χ3v) is 6.71. The van der Waals surface area contributed by atoms with Gasteiger partial charge in [-0.15, -0.1) is 5.10 Å². The zero-order valence-electron chi connectivity index (χ0n) is 22.7. The number of aromatic nitrogens is 6. The fraction of sp³-hybridized carbons (Fsp3) is 0.222. The molecule has 0 fully saturated rings. The van der Waals surface area contributed by atoms with Crippen molar-refractivity contribution in [2.24, 2.45) is 0 Å². The lowest BCUT2D eigenvalue weighted by Gasteiger charge is -2.22. The Bertz CT molecular complexity index is 1640. The monoisotopic (exact) mass is 590 g/mol. The topological polar surface area (TPSA) is 172 Å². The molecule has 2 aromatic heterocycles. The molecule has 0 aliphatic carbocycles. The second kappa shape index (κ2) is 12.6. The zero-order chi connectivity index (χ0) is 29.6. The minimum Gasteiger partial charge on any atom is -0.453 e. The molecule has 42 heavy (non-hydrogen) atoms. The van der Waals surface area contributed by atoms with E-state index in [0.29, 0.717) is 57.7 Å². The molecule has 1 atom stereocenters. The van der Waals surface area contributed by atoms with Crippen molar-refractivity contribution in [3.05, 3.63) is 71.4 Å². The maximum atomic E-state index is 13.1. The van der Waals surface area contributed by atoms with Crippen LogP contribution in [-0.2, 0) is 14.3 Å². The van der Waals surface area contributed by atoms with Gasteiger partial charge in [0.1, 0.15) is 12.2 Å². The summed E-state index contributed by atoms with van der Waals surface area (Å²) in [6, 6.07) is 9.76. The van der Waals surface area contributed by atoms with Crippen molar-refractivity contribution in [3.63, 3.8) is 0 Å². The molecule has 5 rings (SSSR count). The number of hydrogen-bond acceptors (Lipinski definition) is 9. The van der Waals surface area contributed by atoms with E-state index in [1.54, 1.807) is 48.7 Å². The largest absolute Gasteiger partial charge is 0.453 e. The number of methoxy groups -OCH3 is 1. The van der Waals surface area contributed by atoms with Gasteiger partial charge in [-0.1, -0.05) is 11.6 Å². The first-order valence-corrected chi connectivity index (χ1v) is 13.2. The third-order valence-electron chi connectivity index (χ3n) is 6.47. The number of rotatable bonds is 5. The number of carbonyl (C=O) groups is 3. The van der Waals surface area contributed by atoms with Crippen LogP contribution in [0.3, 0.4) is 0 Å². The van der Waals surface area contributed by atoms with Crippen LogP contribution in [0, 0.1) is 0 Å². The van der Waals surface area contributed by atoms with Crippen LogP contribution < -0.4 is 16.0 Å². The molecule has 3 heterocycles. The zero-order valence-corrected chi connectivity index (χ0v) is 23.4. The molecule has 3 amide bonds. The van der Waals surface area contributed by atoms with Crippen molar-refractivity contribution in [2.75, 3.05) is 37.9 Å². The smallest absolute Gasteiger partial charge is 0.411 e. The molecule has 14 nitrogen and oxygen atoms in total. The number of likely N-dealkylation sites (N-methyl/N-ethyl adjacent to an activating group) is 1. The Morgan fingerprint density at radius 3 is 2.86 bits per heavy atom. The summed E-state index contributed by atoms with van der Waals surface area (Å²) in [5.41, 5.74) is 3.49. The molecule has 15 heteroatoms. The van der Waals surface area contributed by atoms with Gasteiger partial charge >= 0.3 is 6.09 Å². The molecule has 216 valence electrons. The normalized spacial score (nSPS) is 15.7. The number of fused-ring (bicyclic) bond motifs is 4. The van der Waals surface area contributed by atoms with Crippen LogP contribution in [0.5, 0.6) is 0 Å². The molecule has 0 spiro atoms. The predicted molar refractivity (Wildman–Crippen MR) is 155 cm³/mol. The van der Waals surface area contributed by atoms with Gasteiger partial charge in [-0.05, 0) is 66.4 Å². The summed E-state index contributed by atoms with van der Waals surface area (Å²) in [5.74, 6) is -0.0448. The second-order valence-electron chi connectivity index (χ2n) is 9.49. The number of carbonyl (C=O) groups excluding carboxylic acids is 3. The SMILES string of the molecule is COC(=O)Nc1ccc2c(c1)NC(=O)CN(C)CC[C@H](NC(=O)C=Cc1cc(Cl)ccc1-n1cnnn1)c1ncc-2[nH]1. The highest BCUT2D eigenvalue weighted by Crippen LogP contribution is 2.31. The van der Waals surface area contributed by atoms with Crippen LogP contribution in [0.2, 0.25) is 5.02 Å². The number of halogens is 1. The van der Waals surface area contributed by atoms with Gasteiger partial charge in [0.05, 0.1) is 43.0 Å². The highest BCUT2D eigenvalue weighted by molar-refractivity contribution is 6.30. The van der Waals surface area contributed by atoms with Crippen LogP contribution in [0.25, 0.3) is 23.0 Å². The van der Waals surface area contributed by atoms with Gasteiger partial charge in [0.15, 0.2) is 0 Å². The number of nitrogens with zero attached hydrogens (tertiary/aromatic N) is 6. The van der Waals surface area contributed by atoms with E-state index < -0.39 is 12.1 Å². The van der Waals surface area contributed by atoms with E-state index >= 15 is 0 Å². The molecule has 0 radical (unpaired) electrons. The number of tetrazole rings is 1. The quantitative estimate of drug-likeness (QED) is 0.255. The summed E-state index contributed by atoms with van der Waals surface area (Å²) >= 11 is 6.19. The van der Waals surface area contributed by atoms with Crippen molar-refractivity contribution >= 4 is 47.0 Å². The van der Waals surface area contributed by atoms with Crippen LogP contribution in [0.1, 0.15) is 23.9 Å². The Balaban J connectivity index is 1.41. The van der Waals surface area contributed by atoms with E-state index in [0.717, 1.165) is 0 Å². The van der Waals surface area contributed by atoms with Crippen molar-refractivity contribution in [1.82, 2.24) is 40.4 Å². The van der Waals surface area contributed by atoms with Gasteiger partial charge in [0, 0.05) is 34.5 Å². The minimum absolute atomic E-state index is 0.113. The fourth-order valence-electron chi connectivity index (χ4n) is 4.44. The number of hydrogen-bond donors (Lipinski definition) is 4. The first-order chi connectivity index (χ1) is 20.3. The van der Waals surface area contributed by atoms with Gasteiger partial charge in [-0.25, -0.2) is 9.78 Å². The van der Waals surface area contributed by atoms with Crippen molar-refractivity contribution < 1.29 is 19.1 Å². The van der Waals surface area contributed by atoms with Gasteiger partial charge in [0.2, 0.25) is 11.8 Å². The van der Waals surface area contributed by atoms with Crippen LogP contribution in [0.15, 0.2) is 55.0 Å². The van der Waals surface area contributed by atoms with Gasteiger partial charge in [-0.3, -0.25) is 19.8 Å². The van der Waals surface area contributed by atoms with E-state index in [2.05, 4.69) is 46.2 Å². The fourth-order valence-corrected chi connectivity index (χ4v) is 4.63. The maximum absolute atomic E-state index is 13.1. The Kier molecular flexibility index (Phi) is 8.55. The van der Waals surface area contributed by atoms with Gasteiger partial charge in [0.25, 0.3) is 0 Å². The Labute approximate surface area is 245 Å². The predicted octanol–water partition coefficient (Wildman–Crippen LogP) is 3.03. The maximum Gasteiger partial charge on any atom is 0.411 e. The van der Waals surface area contributed by atoms with Crippen LogP contribution in [0.4, 0.5) is 16.2 Å². The van der Waals surface area contributed by atoms with Crippen molar-refractivity contribution in [3.8, 4) is 16.9 Å². The molecule has 2 bridgehead atoms. The Morgan fingerprint density at radius 1 is 1.21 bits per heavy atom. The van der Waals surface area contributed by atoms with E-state index in [4.69, 9.17) is 11.6 Å². The lowest BCUT2D eigenvalue weighted by molar-refractivity contribution is -0.118. The molecular weight excluding hydrogens is 564 g/mol. The molecule has 4 aromatic rings. The number of nitrogens with one attached hydrogen (secondary N) is 4. The van der Waals surface area contributed by atoms with Crippen molar-refractivity contribution in [1.29, 1.82) is 0 Å². The summed E-state index contributed by atoms with van der Waals surface area (Å²) in [6.45, 7) is 0.606. The number of aromatic amines is 1. The second-order valence-corrected chi connectivity index (χ2v) is 9.92. The standard InChI is InChI=1S/C27H27ClN10O4/c1-37-10-9-20(32-24(39)8-3-16-11-17(28)4-7-23(16)38-15-30-35-36-38)26-29-13-22(34-26)19-6-5-18(31-27(41)42-2)12-21(19)33-25(40)14-37/h3-8,11-13,15,20H,9-10,14H2,1-2H3,(H,29,34)(H,31,41)(H,32,39)(H,33,40)/t20-/m0/s1. The summed E-state index contributed by atoms with van der Waals surface area (Å²) in [7, 11) is 3.08. The third kappa shape index (κ3) is 6.79. The van der Waals surface area contributed by atoms with Gasteiger partial charge < -0.3 is 20.4 Å². The number of ether oxygens (including phenoxy) is 1. The average molecular weight is 591 g/mol. The lowest BCUT2D eigenvalue weighted by Crippen LogP contribution is -2.35. The lowest BCUT2D eigenvalue weighted by atomic mass is 10.1. The average Bonchev–Trinajstić information content (AvgIpc) is 3.67. The number of anilines is 2. The molecule has 0 unspecified atom stereocenters. The van der Waals surface area contributed by atoms with E-state index in [1.807, 2.05) is 11.9 Å². The number of amides is 3. The summed E-state index contributed by atoms with van der Waals surface area (Å²) < 4.78 is 6.14. The van der Waals surface area contributed by atoms with E-state index in [9.17, 15) is 14.4 Å². The summed E-state index contributed by atoms with van der Waals surface area (Å²) in [5, 5.41) is 20.3. The Hall–Kier alpha value is -5.08. The van der Waals surface area contributed by atoms with Crippen LogP contribution >= 0.6 is 11.6 Å². The molecule has 1 aliphatic heterocycles. The Morgan fingerprint density at radius 2 is 2.07 bits per heavy atom. The first kappa shape index (κ1) is 28.4. The van der Waals surface area contributed by atoms with E-state index in [-0.39, 0.29) is 18.4 Å². The highest BCUT2D eigenvalue weighted by Gasteiger charge is 2.22. The summed E-state index contributed by atoms with van der Waals surface area (Å²) in [4.78, 5) is 47.3. The molecule has 2 aromatic carbocycles. The molecule has 1 aliphatic rings.